The number of aryl methyl sites for hydroxylation is 2. The van der Waals surface area contributed by atoms with Gasteiger partial charge in [0, 0.05) is 12.6 Å². The highest BCUT2D eigenvalue weighted by Crippen LogP contribution is 2.36. The van der Waals surface area contributed by atoms with Gasteiger partial charge in [-0.05, 0) is 50.5 Å². The normalized spacial score (nSPS) is 16.0. The standard InChI is InChI=1S/C20H23N3O3S/c1-14-5-4-6-15(11-14)13-23-17-8-7-16(12-18(17)22(3)19(23)24)27(25,26)21-20(2)9-10-20/h4-8,11-12,21H,9-10,13H2,1-3H3. The van der Waals surface area contributed by atoms with E-state index in [0.717, 1.165) is 29.5 Å². The van der Waals surface area contributed by atoms with E-state index in [2.05, 4.69) is 4.72 Å². The summed E-state index contributed by atoms with van der Waals surface area (Å²) >= 11 is 0. The van der Waals surface area contributed by atoms with Gasteiger partial charge in [-0.2, -0.15) is 0 Å². The predicted molar refractivity (Wildman–Crippen MR) is 105 cm³/mol. The largest absolute Gasteiger partial charge is 0.329 e. The lowest BCUT2D eigenvalue weighted by Crippen LogP contribution is -2.34. The van der Waals surface area contributed by atoms with Crippen LogP contribution in [0.5, 0.6) is 0 Å². The molecule has 1 fully saturated rings. The molecule has 1 aliphatic carbocycles. The minimum absolute atomic E-state index is 0.164. The van der Waals surface area contributed by atoms with Gasteiger partial charge < -0.3 is 0 Å². The molecule has 0 atom stereocenters. The van der Waals surface area contributed by atoms with Gasteiger partial charge in [0.1, 0.15) is 0 Å². The van der Waals surface area contributed by atoms with Gasteiger partial charge >= 0.3 is 5.69 Å². The van der Waals surface area contributed by atoms with Crippen LogP contribution in [0.1, 0.15) is 30.9 Å². The van der Waals surface area contributed by atoms with Crippen LogP contribution in [0.4, 0.5) is 0 Å². The van der Waals surface area contributed by atoms with Crippen LogP contribution in [0, 0.1) is 6.92 Å². The molecule has 0 saturated heterocycles. The van der Waals surface area contributed by atoms with Crippen molar-refractivity contribution >= 4 is 21.1 Å². The number of benzene rings is 2. The van der Waals surface area contributed by atoms with Crippen molar-refractivity contribution in [1.82, 2.24) is 13.9 Å². The maximum atomic E-state index is 12.7. The molecule has 27 heavy (non-hydrogen) atoms. The summed E-state index contributed by atoms with van der Waals surface area (Å²) in [6.07, 6.45) is 1.69. The summed E-state index contributed by atoms with van der Waals surface area (Å²) in [5.74, 6) is 0. The minimum Gasteiger partial charge on any atom is -0.295 e. The summed E-state index contributed by atoms with van der Waals surface area (Å²) in [6, 6.07) is 12.9. The Morgan fingerprint density at radius 2 is 1.85 bits per heavy atom. The number of hydrogen-bond donors (Lipinski definition) is 1. The van der Waals surface area contributed by atoms with Crippen molar-refractivity contribution in [3.05, 3.63) is 64.1 Å². The molecule has 1 heterocycles. The Hall–Kier alpha value is -2.38. The Labute approximate surface area is 158 Å². The van der Waals surface area contributed by atoms with Crippen molar-refractivity contribution in [2.24, 2.45) is 7.05 Å². The number of nitrogens with zero attached hydrogens (tertiary/aromatic N) is 2. The Morgan fingerprint density at radius 3 is 2.52 bits per heavy atom. The molecule has 4 rings (SSSR count). The third kappa shape index (κ3) is 3.33. The van der Waals surface area contributed by atoms with Crippen LogP contribution in [-0.2, 0) is 23.6 Å². The molecule has 0 bridgehead atoms. The fraction of sp³-hybridized carbons (Fsp3) is 0.350. The zero-order chi connectivity index (χ0) is 19.4. The summed E-state index contributed by atoms with van der Waals surface area (Å²) in [5, 5.41) is 0. The molecule has 0 unspecified atom stereocenters. The van der Waals surface area contributed by atoms with Crippen molar-refractivity contribution in [1.29, 1.82) is 0 Å². The molecule has 1 aliphatic rings. The van der Waals surface area contributed by atoms with Crippen molar-refractivity contribution in [2.75, 3.05) is 0 Å². The molecule has 0 aliphatic heterocycles. The Bertz CT molecular complexity index is 1200. The average Bonchev–Trinajstić information content (AvgIpc) is 3.28. The molecular formula is C20H23N3O3S. The van der Waals surface area contributed by atoms with Crippen LogP contribution in [0.3, 0.4) is 0 Å². The van der Waals surface area contributed by atoms with Gasteiger partial charge in [0.05, 0.1) is 22.5 Å². The molecule has 1 aromatic heterocycles. The first-order chi connectivity index (χ1) is 12.7. The van der Waals surface area contributed by atoms with Crippen molar-refractivity contribution in [2.45, 2.75) is 43.7 Å². The fourth-order valence-electron chi connectivity index (χ4n) is 3.37. The van der Waals surface area contributed by atoms with Crippen LogP contribution in [-0.4, -0.2) is 23.1 Å². The van der Waals surface area contributed by atoms with E-state index in [4.69, 9.17) is 0 Å². The number of nitrogens with one attached hydrogen (secondary N) is 1. The second kappa shape index (κ2) is 6.07. The van der Waals surface area contributed by atoms with E-state index in [-0.39, 0.29) is 16.1 Å². The van der Waals surface area contributed by atoms with Gasteiger partial charge in [-0.1, -0.05) is 29.8 Å². The first-order valence-corrected chi connectivity index (χ1v) is 10.5. The van der Waals surface area contributed by atoms with E-state index < -0.39 is 10.0 Å². The Kier molecular flexibility index (Phi) is 4.05. The van der Waals surface area contributed by atoms with Crippen molar-refractivity contribution < 1.29 is 8.42 Å². The molecule has 0 spiro atoms. The van der Waals surface area contributed by atoms with Crippen LogP contribution in [0.15, 0.2) is 52.2 Å². The number of fused-ring (bicyclic) bond motifs is 1. The van der Waals surface area contributed by atoms with Gasteiger partial charge in [0.2, 0.25) is 10.0 Å². The molecule has 1 saturated carbocycles. The Balaban J connectivity index is 1.77. The quantitative estimate of drug-likeness (QED) is 0.733. The smallest absolute Gasteiger partial charge is 0.295 e. The lowest BCUT2D eigenvalue weighted by molar-refractivity contribution is 0.558. The van der Waals surface area contributed by atoms with E-state index in [9.17, 15) is 13.2 Å². The molecular weight excluding hydrogens is 362 g/mol. The van der Waals surface area contributed by atoms with E-state index in [1.54, 1.807) is 29.8 Å². The zero-order valence-corrected chi connectivity index (χ0v) is 16.5. The van der Waals surface area contributed by atoms with Crippen molar-refractivity contribution in [3.8, 4) is 0 Å². The second-order valence-electron chi connectivity index (χ2n) is 7.73. The van der Waals surface area contributed by atoms with E-state index in [1.807, 2.05) is 38.1 Å². The molecule has 1 N–H and O–H groups in total. The van der Waals surface area contributed by atoms with Gasteiger partial charge in [-0.25, -0.2) is 17.9 Å². The summed E-state index contributed by atoms with van der Waals surface area (Å²) in [4.78, 5) is 12.9. The Morgan fingerprint density at radius 1 is 1.11 bits per heavy atom. The van der Waals surface area contributed by atoms with E-state index in [0.29, 0.717) is 12.1 Å². The summed E-state index contributed by atoms with van der Waals surface area (Å²) in [6.45, 7) is 4.36. The number of aromatic nitrogens is 2. The molecule has 7 heteroatoms. The number of imidazole rings is 1. The number of hydrogen-bond acceptors (Lipinski definition) is 3. The van der Waals surface area contributed by atoms with E-state index in [1.165, 1.54) is 4.57 Å². The predicted octanol–water partition coefficient (Wildman–Crippen LogP) is 2.53. The maximum absolute atomic E-state index is 12.7. The highest BCUT2D eigenvalue weighted by atomic mass is 32.2. The first kappa shape index (κ1) is 18.0. The van der Waals surface area contributed by atoms with Gasteiger partial charge in [0.15, 0.2) is 0 Å². The highest BCUT2D eigenvalue weighted by Gasteiger charge is 2.41. The molecule has 6 nitrogen and oxygen atoms in total. The molecule has 3 aromatic rings. The molecule has 0 amide bonds. The van der Waals surface area contributed by atoms with Crippen LogP contribution >= 0.6 is 0 Å². The minimum atomic E-state index is -3.61. The second-order valence-corrected chi connectivity index (χ2v) is 9.42. The lowest BCUT2D eigenvalue weighted by atomic mass is 10.1. The van der Waals surface area contributed by atoms with Gasteiger partial charge in [0.25, 0.3) is 0 Å². The SMILES string of the molecule is Cc1cccc(Cn2c(=O)n(C)c3cc(S(=O)(=O)NC4(C)CC4)ccc32)c1. The summed E-state index contributed by atoms with van der Waals surface area (Å²) < 4.78 is 31.2. The van der Waals surface area contributed by atoms with Gasteiger partial charge in [-0.15, -0.1) is 0 Å². The topological polar surface area (TPSA) is 73.1 Å². The van der Waals surface area contributed by atoms with Crippen LogP contribution in [0.2, 0.25) is 0 Å². The molecule has 0 radical (unpaired) electrons. The molecule has 2 aromatic carbocycles. The van der Waals surface area contributed by atoms with Crippen LogP contribution < -0.4 is 10.4 Å². The number of sulfonamides is 1. The van der Waals surface area contributed by atoms with Crippen molar-refractivity contribution in [3.63, 3.8) is 0 Å². The fourth-order valence-corrected chi connectivity index (χ4v) is 4.86. The summed E-state index contributed by atoms with van der Waals surface area (Å²) in [7, 11) is -1.94. The average molecular weight is 385 g/mol. The number of rotatable bonds is 5. The summed E-state index contributed by atoms with van der Waals surface area (Å²) in [5.41, 5.74) is 3.00. The first-order valence-electron chi connectivity index (χ1n) is 8.97. The van der Waals surface area contributed by atoms with Gasteiger partial charge in [-0.3, -0.25) is 9.13 Å². The monoisotopic (exact) mass is 385 g/mol. The molecule has 142 valence electrons. The highest BCUT2D eigenvalue weighted by molar-refractivity contribution is 7.89. The van der Waals surface area contributed by atoms with E-state index >= 15 is 0 Å². The van der Waals surface area contributed by atoms with Crippen LogP contribution in [0.25, 0.3) is 11.0 Å². The third-order valence-electron chi connectivity index (χ3n) is 5.23. The zero-order valence-electron chi connectivity index (χ0n) is 15.7. The maximum Gasteiger partial charge on any atom is 0.329 e. The lowest BCUT2D eigenvalue weighted by Gasteiger charge is -2.12. The third-order valence-corrected chi connectivity index (χ3v) is 6.87.